The average molecular weight is 276 g/mol. The molecule has 2 aromatic carbocycles. The molecule has 0 atom stereocenters. The van der Waals surface area contributed by atoms with Crippen molar-refractivity contribution in [3.05, 3.63) is 70.8 Å². The highest BCUT2D eigenvalue weighted by Crippen LogP contribution is 2.37. The van der Waals surface area contributed by atoms with Crippen LogP contribution in [0.5, 0.6) is 0 Å². The van der Waals surface area contributed by atoms with Crippen molar-refractivity contribution in [3.8, 4) is 0 Å². The first-order chi connectivity index (χ1) is 10.2. The van der Waals surface area contributed by atoms with Crippen LogP contribution < -0.4 is 0 Å². The van der Waals surface area contributed by atoms with E-state index in [0.29, 0.717) is 0 Å². The first-order valence-corrected chi connectivity index (χ1v) is 8.10. The predicted octanol–water partition coefficient (Wildman–Crippen LogP) is 6.18. The van der Waals surface area contributed by atoms with E-state index in [4.69, 9.17) is 0 Å². The molecule has 1 aliphatic rings. The Labute approximate surface area is 128 Å². The molecule has 0 nitrogen and oxygen atoms in total. The summed E-state index contributed by atoms with van der Waals surface area (Å²) in [4.78, 5) is 0. The van der Waals surface area contributed by atoms with Gasteiger partial charge in [-0.25, -0.2) is 0 Å². The highest BCUT2D eigenvalue weighted by atomic mass is 14.2. The summed E-state index contributed by atoms with van der Waals surface area (Å²) in [5.74, 6) is 0. The van der Waals surface area contributed by atoms with Crippen LogP contribution in [0.3, 0.4) is 0 Å². The molecule has 0 N–H and O–H groups in total. The lowest BCUT2D eigenvalue weighted by Gasteiger charge is -2.14. The maximum Gasteiger partial charge on any atom is -0.0221 e. The zero-order chi connectivity index (χ0) is 14.7. The minimum atomic E-state index is 1.21. The molecular formula is C21H24. The van der Waals surface area contributed by atoms with E-state index in [-0.39, 0.29) is 0 Å². The quantitative estimate of drug-likeness (QED) is 0.614. The summed E-state index contributed by atoms with van der Waals surface area (Å²) in [6, 6.07) is 18.1. The van der Waals surface area contributed by atoms with Crippen LogP contribution in [0.1, 0.15) is 54.4 Å². The fraction of sp³-hybridized carbons (Fsp3) is 0.333. The van der Waals surface area contributed by atoms with E-state index in [2.05, 4.69) is 62.4 Å². The lowest BCUT2D eigenvalue weighted by Crippen LogP contribution is -1.92. The Kier molecular flexibility index (Phi) is 4.24. The van der Waals surface area contributed by atoms with Gasteiger partial charge in [-0.05, 0) is 61.8 Å². The Balaban J connectivity index is 2.08. The zero-order valence-corrected chi connectivity index (χ0v) is 13.2. The number of hydrogen-bond donors (Lipinski definition) is 0. The molecule has 0 bridgehead atoms. The number of hydrogen-bond acceptors (Lipinski definition) is 0. The van der Waals surface area contributed by atoms with Gasteiger partial charge in [0.25, 0.3) is 0 Å². The molecule has 0 saturated carbocycles. The average Bonchev–Trinajstić information content (AvgIpc) is 2.75. The molecule has 0 heterocycles. The van der Waals surface area contributed by atoms with Crippen LogP contribution in [-0.2, 0) is 0 Å². The van der Waals surface area contributed by atoms with Crippen LogP contribution in [0.4, 0.5) is 0 Å². The molecule has 1 aliphatic carbocycles. The van der Waals surface area contributed by atoms with E-state index in [0.717, 1.165) is 0 Å². The maximum atomic E-state index is 2.30. The first kappa shape index (κ1) is 14.1. The molecule has 0 radical (unpaired) electrons. The van der Waals surface area contributed by atoms with Crippen molar-refractivity contribution < 1.29 is 0 Å². The van der Waals surface area contributed by atoms with E-state index in [1.165, 1.54) is 54.4 Å². The van der Waals surface area contributed by atoms with Gasteiger partial charge >= 0.3 is 0 Å². The topological polar surface area (TPSA) is 0 Å². The zero-order valence-electron chi connectivity index (χ0n) is 13.2. The molecular weight excluding hydrogens is 252 g/mol. The Bertz CT molecular complexity index is 569. The summed E-state index contributed by atoms with van der Waals surface area (Å²) >= 11 is 0. The molecule has 0 amide bonds. The van der Waals surface area contributed by atoms with Gasteiger partial charge in [-0.2, -0.15) is 0 Å². The minimum absolute atomic E-state index is 1.21. The van der Waals surface area contributed by atoms with Crippen LogP contribution in [0, 0.1) is 13.8 Å². The Hall–Kier alpha value is -1.82. The summed E-state index contributed by atoms with van der Waals surface area (Å²) in [5.41, 5.74) is 8.64. The number of rotatable bonds is 2. The fourth-order valence-corrected chi connectivity index (χ4v) is 3.23. The van der Waals surface area contributed by atoms with Crippen LogP contribution in [-0.4, -0.2) is 0 Å². The van der Waals surface area contributed by atoms with Gasteiger partial charge in [0.1, 0.15) is 0 Å². The lowest BCUT2D eigenvalue weighted by molar-refractivity contribution is 0.723. The smallest absolute Gasteiger partial charge is 0.0221 e. The van der Waals surface area contributed by atoms with Crippen LogP contribution in [0.15, 0.2) is 48.5 Å². The number of allylic oxidation sites excluding steroid dienone is 2. The second-order valence-electron chi connectivity index (χ2n) is 6.25. The molecule has 108 valence electrons. The molecule has 3 rings (SSSR count). The van der Waals surface area contributed by atoms with Gasteiger partial charge < -0.3 is 0 Å². The first-order valence-electron chi connectivity index (χ1n) is 8.10. The second-order valence-corrected chi connectivity index (χ2v) is 6.25. The van der Waals surface area contributed by atoms with Crippen molar-refractivity contribution in [2.45, 2.75) is 46.0 Å². The van der Waals surface area contributed by atoms with Gasteiger partial charge in [0.05, 0.1) is 0 Å². The fourth-order valence-electron chi connectivity index (χ4n) is 3.23. The van der Waals surface area contributed by atoms with Crippen molar-refractivity contribution in [1.29, 1.82) is 0 Å². The SMILES string of the molecule is Cc1ccc(C2=C(c3ccc(C)cc3)CCCCC2)cc1. The minimum Gasteiger partial charge on any atom is -0.0587 e. The van der Waals surface area contributed by atoms with Gasteiger partial charge in [-0.1, -0.05) is 66.1 Å². The van der Waals surface area contributed by atoms with Crippen LogP contribution in [0.25, 0.3) is 11.1 Å². The van der Waals surface area contributed by atoms with Crippen molar-refractivity contribution in [2.75, 3.05) is 0 Å². The highest BCUT2D eigenvalue weighted by molar-refractivity contribution is 5.91. The van der Waals surface area contributed by atoms with E-state index in [1.54, 1.807) is 11.1 Å². The largest absolute Gasteiger partial charge is 0.0587 e. The summed E-state index contributed by atoms with van der Waals surface area (Å²) < 4.78 is 0. The molecule has 2 aromatic rings. The van der Waals surface area contributed by atoms with Gasteiger partial charge in [-0.15, -0.1) is 0 Å². The third kappa shape index (κ3) is 3.26. The summed E-state index contributed by atoms with van der Waals surface area (Å²) in [6.07, 6.45) is 6.42. The van der Waals surface area contributed by atoms with Gasteiger partial charge in [-0.3, -0.25) is 0 Å². The third-order valence-corrected chi connectivity index (χ3v) is 4.52. The van der Waals surface area contributed by atoms with Crippen molar-refractivity contribution in [3.63, 3.8) is 0 Å². The monoisotopic (exact) mass is 276 g/mol. The Morgan fingerprint density at radius 3 is 1.29 bits per heavy atom. The summed E-state index contributed by atoms with van der Waals surface area (Å²) in [7, 11) is 0. The number of benzene rings is 2. The van der Waals surface area contributed by atoms with Crippen LogP contribution in [0.2, 0.25) is 0 Å². The standard InChI is InChI=1S/C21H24/c1-16-8-12-18(13-9-16)20-6-4-3-5-7-21(20)19-14-10-17(2)11-15-19/h8-15H,3-7H2,1-2H3. The van der Waals surface area contributed by atoms with Gasteiger partial charge in [0, 0.05) is 0 Å². The van der Waals surface area contributed by atoms with Crippen LogP contribution >= 0.6 is 0 Å². The van der Waals surface area contributed by atoms with E-state index >= 15 is 0 Å². The van der Waals surface area contributed by atoms with Crippen molar-refractivity contribution in [2.24, 2.45) is 0 Å². The molecule has 0 saturated heterocycles. The lowest BCUT2D eigenvalue weighted by atomic mass is 9.90. The third-order valence-electron chi connectivity index (χ3n) is 4.52. The van der Waals surface area contributed by atoms with Crippen molar-refractivity contribution >= 4 is 11.1 Å². The normalized spacial score (nSPS) is 15.9. The van der Waals surface area contributed by atoms with Crippen molar-refractivity contribution in [1.82, 2.24) is 0 Å². The molecule has 0 aromatic heterocycles. The molecule has 21 heavy (non-hydrogen) atoms. The molecule has 0 spiro atoms. The maximum absolute atomic E-state index is 2.30. The van der Waals surface area contributed by atoms with E-state index < -0.39 is 0 Å². The summed E-state index contributed by atoms with van der Waals surface area (Å²) in [5, 5.41) is 0. The van der Waals surface area contributed by atoms with Gasteiger partial charge in [0.15, 0.2) is 0 Å². The second kappa shape index (κ2) is 6.30. The molecule has 0 heteroatoms. The molecule has 0 unspecified atom stereocenters. The Morgan fingerprint density at radius 2 is 0.905 bits per heavy atom. The van der Waals surface area contributed by atoms with E-state index in [1.807, 2.05) is 0 Å². The highest BCUT2D eigenvalue weighted by Gasteiger charge is 2.14. The predicted molar refractivity (Wildman–Crippen MR) is 92.3 cm³/mol. The van der Waals surface area contributed by atoms with Gasteiger partial charge in [0.2, 0.25) is 0 Å². The summed E-state index contributed by atoms with van der Waals surface area (Å²) in [6.45, 7) is 4.32. The van der Waals surface area contributed by atoms with E-state index in [9.17, 15) is 0 Å². The molecule has 0 aliphatic heterocycles. The number of aryl methyl sites for hydroxylation is 2. The Morgan fingerprint density at radius 1 is 0.524 bits per heavy atom. The molecule has 0 fully saturated rings.